The lowest BCUT2D eigenvalue weighted by Crippen LogP contribution is -2.25. The molecule has 0 bridgehead atoms. The number of cyclic esters (lactones) is 1. The van der Waals surface area contributed by atoms with Gasteiger partial charge < -0.3 is 14.6 Å². The third kappa shape index (κ3) is 3.90. The number of benzene rings is 1. The molecule has 25 heavy (non-hydrogen) atoms. The molecule has 0 aliphatic carbocycles. The first-order valence-corrected chi connectivity index (χ1v) is 8.86. The number of hydrogen-bond donors (Lipinski definition) is 1. The molecule has 0 saturated carbocycles. The summed E-state index contributed by atoms with van der Waals surface area (Å²) >= 11 is 1.40. The number of unbranched alkanes of at least 4 members (excludes halogenated alkanes) is 1. The van der Waals surface area contributed by atoms with E-state index >= 15 is 0 Å². The summed E-state index contributed by atoms with van der Waals surface area (Å²) < 4.78 is 11.2. The van der Waals surface area contributed by atoms with Gasteiger partial charge in [0.25, 0.3) is 0 Å². The minimum absolute atomic E-state index is 0.271. The van der Waals surface area contributed by atoms with Gasteiger partial charge in [-0.25, -0.2) is 9.78 Å². The van der Waals surface area contributed by atoms with Crippen molar-refractivity contribution in [1.29, 1.82) is 5.26 Å². The topological polar surface area (TPSA) is 95.7 Å². The van der Waals surface area contributed by atoms with Crippen LogP contribution in [0, 0.1) is 11.3 Å². The van der Waals surface area contributed by atoms with E-state index in [1.807, 2.05) is 18.2 Å². The minimum Gasteiger partial charge on any atom is -0.441 e. The number of aromatic nitrogens is 1. The molecule has 132 valence electrons. The number of rotatable bonds is 7. The number of nitrogens with zero attached hydrogens (tertiary/aromatic N) is 3. The molecule has 1 aliphatic heterocycles. The van der Waals surface area contributed by atoms with Crippen molar-refractivity contribution >= 4 is 33.3 Å². The maximum atomic E-state index is 12.0. The first kappa shape index (κ1) is 17.6. The van der Waals surface area contributed by atoms with Crippen molar-refractivity contribution in [2.75, 3.05) is 25.2 Å². The van der Waals surface area contributed by atoms with E-state index in [2.05, 4.69) is 11.1 Å². The molecule has 2 heterocycles. The Hall–Kier alpha value is -2.21. The summed E-state index contributed by atoms with van der Waals surface area (Å²) in [6, 6.07) is 7.61. The number of amides is 1. The van der Waals surface area contributed by atoms with Crippen LogP contribution in [0.4, 0.5) is 10.5 Å². The van der Waals surface area contributed by atoms with E-state index in [9.17, 15) is 9.90 Å². The normalized spacial score (nSPS) is 18.4. The van der Waals surface area contributed by atoms with E-state index in [1.165, 1.54) is 11.3 Å². The second kappa shape index (κ2) is 7.78. The van der Waals surface area contributed by atoms with Crippen LogP contribution in [0.3, 0.4) is 0 Å². The fraction of sp³-hybridized carbons (Fsp3) is 0.471. The SMILES string of the molecule is COCC1CN(c2ccc3nc(C(O)CCCC#N)sc3c2)C(=O)O1. The summed E-state index contributed by atoms with van der Waals surface area (Å²) in [5, 5.41) is 19.4. The summed E-state index contributed by atoms with van der Waals surface area (Å²) in [5.41, 5.74) is 1.52. The first-order chi connectivity index (χ1) is 12.1. The molecular formula is C17H19N3O4S. The molecule has 1 fully saturated rings. The van der Waals surface area contributed by atoms with Gasteiger partial charge in [-0.15, -0.1) is 11.3 Å². The number of nitriles is 1. The summed E-state index contributed by atoms with van der Waals surface area (Å²) in [6.07, 6.45) is 0.245. The number of hydrogen-bond acceptors (Lipinski definition) is 7. The van der Waals surface area contributed by atoms with Gasteiger partial charge in [-0.3, -0.25) is 4.90 Å². The van der Waals surface area contributed by atoms with Crippen molar-refractivity contribution in [2.24, 2.45) is 0 Å². The van der Waals surface area contributed by atoms with Crippen LogP contribution in [-0.2, 0) is 9.47 Å². The number of thiazole rings is 1. The molecule has 2 aromatic rings. The molecule has 0 radical (unpaired) electrons. The molecule has 0 spiro atoms. The number of anilines is 1. The largest absolute Gasteiger partial charge is 0.441 e. The lowest BCUT2D eigenvalue weighted by Gasteiger charge is -2.12. The first-order valence-electron chi connectivity index (χ1n) is 8.05. The Bertz CT molecular complexity index is 801. The fourth-order valence-electron chi connectivity index (χ4n) is 2.74. The Kier molecular flexibility index (Phi) is 5.48. The van der Waals surface area contributed by atoms with Crippen molar-refractivity contribution in [3.8, 4) is 6.07 Å². The maximum absolute atomic E-state index is 12.0. The van der Waals surface area contributed by atoms with Crippen molar-refractivity contribution in [3.63, 3.8) is 0 Å². The number of fused-ring (bicyclic) bond motifs is 1. The van der Waals surface area contributed by atoms with Crippen molar-refractivity contribution in [1.82, 2.24) is 4.98 Å². The second-order valence-electron chi connectivity index (χ2n) is 5.84. The summed E-state index contributed by atoms with van der Waals surface area (Å²) in [4.78, 5) is 18.1. The maximum Gasteiger partial charge on any atom is 0.414 e. The molecule has 1 aliphatic rings. The van der Waals surface area contributed by atoms with E-state index in [1.54, 1.807) is 12.0 Å². The number of carbonyl (C=O) groups excluding carboxylic acids is 1. The predicted octanol–water partition coefficient (Wildman–Crippen LogP) is 3.00. The fourth-order valence-corrected chi connectivity index (χ4v) is 3.77. The summed E-state index contributed by atoms with van der Waals surface area (Å²) in [7, 11) is 1.57. The summed E-state index contributed by atoms with van der Waals surface area (Å²) in [6.45, 7) is 0.810. The number of methoxy groups -OCH3 is 1. The minimum atomic E-state index is -0.669. The highest BCUT2D eigenvalue weighted by atomic mass is 32.1. The molecule has 7 nitrogen and oxygen atoms in total. The van der Waals surface area contributed by atoms with E-state index in [0.717, 1.165) is 15.9 Å². The zero-order valence-electron chi connectivity index (χ0n) is 13.8. The van der Waals surface area contributed by atoms with E-state index in [-0.39, 0.29) is 12.2 Å². The van der Waals surface area contributed by atoms with Crippen LogP contribution >= 0.6 is 11.3 Å². The van der Waals surface area contributed by atoms with E-state index in [4.69, 9.17) is 14.7 Å². The summed E-state index contributed by atoms with van der Waals surface area (Å²) in [5.74, 6) is 0. The highest BCUT2D eigenvalue weighted by Crippen LogP contribution is 2.32. The Morgan fingerprint density at radius 1 is 1.60 bits per heavy atom. The third-order valence-corrected chi connectivity index (χ3v) is 5.10. The van der Waals surface area contributed by atoms with E-state index < -0.39 is 6.10 Å². The number of ether oxygens (including phenoxy) is 2. The van der Waals surface area contributed by atoms with Gasteiger partial charge in [0.1, 0.15) is 17.2 Å². The Morgan fingerprint density at radius 3 is 3.20 bits per heavy atom. The van der Waals surface area contributed by atoms with Gasteiger partial charge in [0.05, 0.1) is 29.4 Å². The molecular weight excluding hydrogens is 342 g/mol. The van der Waals surface area contributed by atoms with Crippen LogP contribution in [0.15, 0.2) is 18.2 Å². The Labute approximate surface area is 149 Å². The number of aliphatic hydroxyl groups is 1. The van der Waals surface area contributed by atoms with Gasteiger partial charge in [0, 0.05) is 19.2 Å². The van der Waals surface area contributed by atoms with Crippen LogP contribution in [0.5, 0.6) is 0 Å². The van der Waals surface area contributed by atoms with Gasteiger partial charge >= 0.3 is 6.09 Å². The van der Waals surface area contributed by atoms with Crippen LogP contribution < -0.4 is 4.90 Å². The highest BCUT2D eigenvalue weighted by molar-refractivity contribution is 7.18. The second-order valence-corrected chi connectivity index (χ2v) is 6.90. The van der Waals surface area contributed by atoms with Crippen LogP contribution in [0.2, 0.25) is 0 Å². The number of aliphatic hydroxyl groups excluding tert-OH is 1. The molecule has 1 aromatic carbocycles. The van der Waals surface area contributed by atoms with Crippen LogP contribution in [0.25, 0.3) is 10.2 Å². The van der Waals surface area contributed by atoms with Gasteiger partial charge in [0.2, 0.25) is 0 Å². The van der Waals surface area contributed by atoms with Gasteiger partial charge in [-0.05, 0) is 31.0 Å². The average Bonchev–Trinajstić information content (AvgIpc) is 3.18. The molecule has 3 rings (SSSR count). The van der Waals surface area contributed by atoms with Crippen molar-refractivity contribution in [2.45, 2.75) is 31.5 Å². The lowest BCUT2D eigenvalue weighted by atomic mass is 10.2. The zero-order valence-corrected chi connectivity index (χ0v) is 14.7. The molecule has 1 amide bonds. The number of carbonyl (C=O) groups is 1. The predicted molar refractivity (Wildman–Crippen MR) is 93.5 cm³/mol. The molecule has 1 N–H and O–H groups in total. The molecule has 2 unspecified atom stereocenters. The Morgan fingerprint density at radius 2 is 2.44 bits per heavy atom. The van der Waals surface area contributed by atoms with Crippen molar-refractivity contribution < 1.29 is 19.4 Å². The lowest BCUT2D eigenvalue weighted by molar-refractivity contribution is 0.0718. The Balaban J connectivity index is 1.76. The molecule has 1 aromatic heterocycles. The quantitative estimate of drug-likeness (QED) is 0.762. The third-order valence-electron chi connectivity index (χ3n) is 3.98. The van der Waals surface area contributed by atoms with Gasteiger partial charge in [-0.1, -0.05) is 0 Å². The monoisotopic (exact) mass is 361 g/mol. The van der Waals surface area contributed by atoms with Crippen LogP contribution in [0.1, 0.15) is 30.4 Å². The smallest absolute Gasteiger partial charge is 0.414 e. The molecule has 8 heteroatoms. The standard InChI is InChI=1S/C17H19N3O4S/c1-23-10-12-9-20(17(22)24-12)11-5-6-13-15(8-11)25-16(19-13)14(21)4-2-3-7-18/h5-6,8,12,14,21H,2-4,9-10H2,1H3. The molecule has 1 saturated heterocycles. The van der Waals surface area contributed by atoms with Crippen molar-refractivity contribution in [3.05, 3.63) is 23.2 Å². The molecule has 2 atom stereocenters. The highest BCUT2D eigenvalue weighted by Gasteiger charge is 2.32. The zero-order chi connectivity index (χ0) is 17.8. The van der Waals surface area contributed by atoms with Crippen LogP contribution in [-0.4, -0.2) is 42.5 Å². The van der Waals surface area contributed by atoms with E-state index in [0.29, 0.717) is 37.4 Å². The van der Waals surface area contributed by atoms with Gasteiger partial charge in [-0.2, -0.15) is 5.26 Å². The average molecular weight is 361 g/mol. The van der Waals surface area contributed by atoms with Gasteiger partial charge in [0.15, 0.2) is 0 Å².